The van der Waals surface area contributed by atoms with Crippen LogP contribution < -0.4 is 21.5 Å². The lowest BCUT2D eigenvalue weighted by Crippen LogP contribution is -2.61. The topological polar surface area (TPSA) is 253 Å². The smallest absolute Gasteiger partial charge is 0.322 e. The third kappa shape index (κ3) is 22.0. The van der Waals surface area contributed by atoms with Crippen LogP contribution in [0.15, 0.2) is 49.6 Å². The molecule has 2 aliphatic heterocycles. The lowest BCUT2D eigenvalue weighted by atomic mass is 9.91. The standard InChI is InChI=1S/C31H46N4O5.C19H33N3O6.C18H25NO/c1-9-21-12-13-22-14-15-26(24(22)17-21)34(8)30(39)25-11-10-16-35(33-25)29(38)20(4)32-28(37)23(19(2)3)18-27(36)40-31(5,6)7;1-11(2)13(10-15(23)28-19(4,5)6)16(24)20-12(3)17(25)22-9-7-8-14(21-22)18(26)27;1-6-13-7-8-14-9-10-16(15(14)11-13)19(5)17(20)12-18(2,3)4/h9,12-13,17,19-20,23,25-26,33H,1,10-11,14-16,18H2,2-8H3,(H,32,37);11-14,21H,7-10H2,1-6H3,(H,20,24)(H,26,27);6-8,11,16H,1,9-10,12H2,2-5H3/t20-,23-,25-,26+;12-,13-,14-;16-/m001/s1. The molecule has 2 heterocycles. The van der Waals surface area contributed by atoms with E-state index in [0.29, 0.717) is 45.2 Å². The molecule has 2 saturated heterocycles. The van der Waals surface area contributed by atoms with Crippen molar-refractivity contribution in [3.8, 4) is 0 Å². The van der Waals surface area contributed by atoms with Crippen LogP contribution >= 0.6 is 0 Å². The summed E-state index contributed by atoms with van der Waals surface area (Å²) >= 11 is 0. The van der Waals surface area contributed by atoms with Crippen LogP contribution in [0.25, 0.3) is 12.2 Å². The van der Waals surface area contributed by atoms with E-state index in [1.165, 1.54) is 33.6 Å². The predicted octanol–water partition coefficient (Wildman–Crippen LogP) is 9.07. The summed E-state index contributed by atoms with van der Waals surface area (Å²) in [7, 11) is 3.76. The minimum atomic E-state index is -1.02. The molecule has 0 aromatic heterocycles. The van der Waals surface area contributed by atoms with Gasteiger partial charge < -0.3 is 35.0 Å². The number of hydrogen-bond acceptors (Lipinski definition) is 13. The van der Waals surface area contributed by atoms with Crippen molar-refractivity contribution in [3.05, 3.63) is 82.9 Å². The highest BCUT2D eigenvalue weighted by Gasteiger charge is 2.39. The van der Waals surface area contributed by atoms with E-state index >= 15 is 0 Å². The fraction of sp³-hybridized carbons (Fsp3) is 0.632. The Kier molecular flexibility index (Phi) is 26.7. The summed E-state index contributed by atoms with van der Waals surface area (Å²) in [5, 5.41) is 17.2. The average Bonchev–Trinajstić information content (AvgIpc) is 2.68. The van der Waals surface area contributed by atoms with Crippen LogP contribution in [-0.2, 0) is 65.5 Å². The average molecular weight is 1230 g/mol. The lowest BCUT2D eigenvalue weighted by Gasteiger charge is -2.37. The Balaban J connectivity index is 0.000000300. The number of rotatable bonds is 19. The molecule has 5 N–H and O–H groups in total. The number of aliphatic carboxylic acids is 1. The first-order chi connectivity index (χ1) is 40.8. The van der Waals surface area contributed by atoms with Crippen molar-refractivity contribution in [3.63, 3.8) is 0 Å². The molecular weight excluding hydrogens is 1120 g/mol. The molecule has 2 aromatic rings. The number of aryl methyl sites for hydroxylation is 2. The normalized spacial score (nSPS) is 19.5. The van der Waals surface area contributed by atoms with Gasteiger partial charge in [-0.2, -0.15) is 0 Å². The Bertz CT molecular complexity index is 2830. The number of carboxylic acid groups (broad SMARTS) is 1. The van der Waals surface area contributed by atoms with E-state index in [1.807, 2.05) is 64.9 Å². The van der Waals surface area contributed by atoms with Gasteiger partial charge in [-0.3, -0.25) is 53.2 Å². The number of ether oxygens (including phenoxy) is 2. The van der Waals surface area contributed by atoms with Crippen molar-refractivity contribution in [1.29, 1.82) is 0 Å². The van der Waals surface area contributed by atoms with Gasteiger partial charge in [0.2, 0.25) is 23.6 Å². The molecular formula is C68H104N8O12. The molecule has 20 nitrogen and oxygen atoms in total. The Hall–Kier alpha value is -6.93. The second kappa shape index (κ2) is 32.0. The van der Waals surface area contributed by atoms with Crippen LogP contribution in [0.4, 0.5) is 0 Å². The maximum Gasteiger partial charge on any atom is 0.322 e. The van der Waals surface area contributed by atoms with E-state index in [9.17, 15) is 43.2 Å². The molecule has 2 aromatic carbocycles. The number of nitrogens with zero attached hydrogens (tertiary/aromatic N) is 4. The molecule has 4 aliphatic rings. The first-order valence-electron chi connectivity index (χ1n) is 31.3. The molecule has 6 amide bonds. The van der Waals surface area contributed by atoms with Crippen LogP contribution in [0.3, 0.4) is 0 Å². The van der Waals surface area contributed by atoms with Gasteiger partial charge in [-0.15, -0.1) is 0 Å². The van der Waals surface area contributed by atoms with Crippen molar-refractivity contribution < 1.29 is 57.7 Å². The van der Waals surface area contributed by atoms with Crippen LogP contribution in [0.2, 0.25) is 0 Å². The Morgan fingerprint density at radius 2 is 1.00 bits per heavy atom. The van der Waals surface area contributed by atoms with Gasteiger partial charge in [0, 0.05) is 33.6 Å². The van der Waals surface area contributed by atoms with Gasteiger partial charge in [-0.25, -0.2) is 10.9 Å². The maximum atomic E-state index is 13.5. The first kappa shape index (κ1) is 73.5. The maximum absolute atomic E-state index is 13.5. The van der Waals surface area contributed by atoms with Gasteiger partial charge in [0.05, 0.1) is 36.8 Å². The van der Waals surface area contributed by atoms with E-state index in [4.69, 9.17) is 14.6 Å². The number of nitrogens with one attached hydrogen (secondary N) is 4. The summed E-state index contributed by atoms with van der Waals surface area (Å²) in [6.45, 7) is 36.0. The van der Waals surface area contributed by atoms with Gasteiger partial charge >= 0.3 is 17.9 Å². The molecule has 8 atom stereocenters. The van der Waals surface area contributed by atoms with Gasteiger partial charge in [0.1, 0.15) is 35.4 Å². The summed E-state index contributed by atoms with van der Waals surface area (Å²) in [5.74, 6) is -4.80. The predicted molar refractivity (Wildman–Crippen MR) is 341 cm³/mol. The molecule has 88 heavy (non-hydrogen) atoms. The van der Waals surface area contributed by atoms with Crippen molar-refractivity contribution in [2.75, 3.05) is 27.2 Å². The zero-order chi connectivity index (χ0) is 66.3. The molecule has 6 rings (SSSR count). The zero-order valence-electron chi connectivity index (χ0n) is 55.7. The number of esters is 2. The summed E-state index contributed by atoms with van der Waals surface area (Å²) < 4.78 is 10.7. The molecule has 0 radical (unpaired) electrons. The second-order valence-corrected chi connectivity index (χ2v) is 27.8. The van der Waals surface area contributed by atoms with E-state index < -0.39 is 76.9 Å². The minimum absolute atomic E-state index is 0.0218. The number of hydrazine groups is 2. The van der Waals surface area contributed by atoms with Crippen LogP contribution in [0.1, 0.15) is 207 Å². The highest BCUT2D eigenvalue weighted by Crippen LogP contribution is 2.38. The van der Waals surface area contributed by atoms with E-state index in [1.54, 1.807) is 53.4 Å². The number of carbonyl (C=O) groups is 9. The van der Waals surface area contributed by atoms with Crippen LogP contribution in [0.5, 0.6) is 0 Å². The number of hydrogen-bond donors (Lipinski definition) is 5. The SMILES string of the molecule is C=Cc1ccc2c(c1)[C@H](N(C)C(=O)CC(C)(C)C)CC2.C=Cc1ccc2c(c1)[C@H](N(C)C(=O)[C@@H]1CCCN(C(=O)[C@H](C)NC(=O)[C@@H](CC(=O)OC(C)(C)C)C(C)C)N1)CC2.CC(C)[C@H](CC(=O)OC(C)(C)C)C(=O)N[C@@H](C)C(=O)N1CCC[C@@H](C(=O)O)N1. The summed E-state index contributed by atoms with van der Waals surface area (Å²) in [6.07, 6.45) is 10.3. The van der Waals surface area contributed by atoms with Gasteiger partial charge in [0.15, 0.2) is 0 Å². The summed E-state index contributed by atoms with van der Waals surface area (Å²) in [6, 6.07) is 9.87. The monoisotopic (exact) mass is 1220 g/mol. The molecule has 0 saturated carbocycles. The number of amides is 6. The highest BCUT2D eigenvalue weighted by atomic mass is 16.6. The molecule has 2 aliphatic carbocycles. The van der Waals surface area contributed by atoms with Crippen molar-refractivity contribution in [2.24, 2.45) is 29.1 Å². The number of likely N-dealkylation sites (N-methyl/N-ethyl adjacent to an activating group) is 1. The number of carboxylic acids is 1. The molecule has 0 bridgehead atoms. The molecule has 488 valence electrons. The van der Waals surface area contributed by atoms with Crippen molar-refractivity contribution in [1.82, 2.24) is 41.3 Å². The molecule has 0 spiro atoms. The van der Waals surface area contributed by atoms with Crippen LogP contribution in [-0.4, -0.2) is 141 Å². The third-order valence-corrected chi connectivity index (χ3v) is 16.1. The Morgan fingerprint density at radius 1 is 0.614 bits per heavy atom. The Morgan fingerprint density at radius 3 is 1.36 bits per heavy atom. The van der Waals surface area contributed by atoms with Crippen molar-refractivity contribution >= 4 is 65.5 Å². The minimum Gasteiger partial charge on any atom is -0.480 e. The third-order valence-electron chi connectivity index (χ3n) is 16.1. The largest absolute Gasteiger partial charge is 0.480 e. The lowest BCUT2D eigenvalue weighted by molar-refractivity contribution is -0.158. The van der Waals surface area contributed by atoms with E-state index in [-0.39, 0.29) is 65.8 Å². The van der Waals surface area contributed by atoms with Crippen LogP contribution in [0, 0.1) is 29.1 Å². The number of fused-ring (bicyclic) bond motifs is 2. The highest BCUT2D eigenvalue weighted by molar-refractivity contribution is 5.91. The summed E-state index contributed by atoms with van der Waals surface area (Å²) in [5.41, 5.74) is 11.8. The Labute approximate surface area is 523 Å². The van der Waals surface area contributed by atoms with Gasteiger partial charge in [0.25, 0.3) is 11.8 Å². The van der Waals surface area contributed by atoms with Crippen molar-refractivity contribution in [2.45, 2.75) is 222 Å². The fourth-order valence-electron chi connectivity index (χ4n) is 11.3. The molecule has 20 heteroatoms. The molecule has 2 fully saturated rings. The van der Waals surface area contributed by atoms with Gasteiger partial charge in [-0.05, 0) is 170 Å². The second-order valence-electron chi connectivity index (χ2n) is 27.8. The molecule has 0 unspecified atom stereocenters. The number of carbonyl (C=O) groups excluding carboxylic acids is 8. The van der Waals surface area contributed by atoms with E-state index in [0.717, 1.165) is 42.4 Å². The fourth-order valence-corrected chi connectivity index (χ4v) is 11.3. The number of benzene rings is 2. The van der Waals surface area contributed by atoms with Gasteiger partial charge in [-0.1, -0.05) is 98.0 Å². The van der Waals surface area contributed by atoms with E-state index in [2.05, 4.69) is 85.7 Å². The summed E-state index contributed by atoms with van der Waals surface area (Å²) in [4.78, 5) is 117. The zero-order valence-corrected chi connectivity index (χ0v) is 55.7. The quantitative estimate of drug-likeness (QED) is 0.0823. The first-order valence-corrected chi connectivity index (χ1v) is 31.3.